The molecular formula is C25H26N2O2. The zero-order valence-corrected chi connectivity index (χ0v) is 17.0. The van der Waals surface area contributed by atoms with Crippen LogP contribution in [0.1, 0.15) is 46.9 Å². The number of para-hydroxylation sites is 2. The summed E-state index contributed by atoms with van der Waals surface area (Å²) in [4.78, 5) is 15.1. The van der Waals surface area contributed by atoms with Crippen LogP contribution in [-0.2, 0) is 12.0 Å². The normalized spacial score (nSPS) is 16.8. The Morgan fingerprint density at radius 3 is 2.62 bits per heavy atom. The van der Waals surface area contributed by atoms with Crippen LogP contribution in [0.3, 0.4) is 0 Å². The molecule has 2 aliphatic heterocycles. The largest absolute Gasteiger partial charge is 0.479 e. The Kier molecular flexibility index (Phi) is 4.23. The van der Waals surface area contributed by atoms with Crippen LogP contribution in [0.15, 0.2) is 60.8 Å². The number of piperidine rings is 1. The number of carbonyl (C=O) groups is 1. The standard InChI is InChI=1S/C25H26N2O2/c1-3-19-10-11-20(17-18(19)2)24(28)26-15-12-25(13-16-26)23-9-6-14-27(23)21-7-4-5-8-22(21)29-25/h4-11,14,17H,3,12-13,15-16H2,1-2H3. The molecule has 0 aliphatic carbocycles. The van der Waals surface area contributed by atoms with Gasteiger partial charge in [0.25, 0.3) is 5.91 Å². The van der Waals surface area contributed by atoms with E-state index in [4.69, 9.17) is 4.74 Å². The van der Waals surface area contributed by atoms with Crippen molar-refractivity contribution in [2.45, 2.75) is 38.7 Å². The van der Waals surface area contributed by atoms with Gasteiger partial charge < -0.3 is 14.2 Å². The maximum absolute atomic E-state index is 13.1. The molecule has 1 amide bonds. The predicted octanol–water partition coefficient (Wildman–Crippen LogP) is 4.87. The Balaban J connectivity index is 1.38. The molecule has 1 aromatic heterocycles. The van der Waals surface area contributed by atoms with E-state index in [1.54, 1.807) is 0 Å². The smallest absolute Gasteiger partial charge is 0.253 e. The van der Waals surface area contributed by atoms with Gasteiger partial charge in [-0.3, -0.25) is 4.79 Å². The molecule has 4 nitrogen and oxygen atoms in total. The van der Waals surface area contributed by atoms with E-state index < -0.39 is 0 Å². The average Bonchev–Trinajstić information content (AvgIpc) is 3.25. The van der Waals surface area contributed by atoms with Crippen LogP contribution in [0.5, 0.6) is 5.75 Å². The molecule has 2 aliphatic rings. The Bertz CT molecular complexity index is 1070. The van der Waals surface area contributed by atoms with Crippen LogP contribution >= 0.6 is 0 Å². The highest BCUT2D eigenvalue weighted by Gasteiger charge is 2.44. The second-order valence-corrected chi connectivity index (χ2v) is 8.11. The molecule has 3 heterocycles. The molecule has 2 aromatic carbocycles. The van der Waals surface area contributed by atoms with Crippen LogP contribution in [-0.4, -0.2) is 28.5 Å². The molecule has 4 heteroatoms. The summed E-state index contributed by atoms with van der Waals surface area (Å²) < 4.78 is 8.81. The SMILES string of the molecule is CCc1ccc(C(=O)N2CCC3(CC2)Oc2ccccc2-n2cccc23)cc1C. The van der Waals surface area contributed by atoms with Gasteiger partial charge in [0.2, 0.25) is 0 Å². The number of nitrogens with zero attached hydrogens (tertiary/aromatic N) is 2. The van der Waals surface area contributed by atoms with Crippen molar-refractivity contribution in [1.29, 1.82) is 0 Å². The van der Waals surface area contributed by atoms with Crippen molar-refractivity contribution in [3.05, 3.63) is 83.2 Å². The number of hydrogen-bond acceptors (Lipinski definition) is 2. The van der Waals surface area contributed by atoms with Gasteiger partial charge >= 0.3 is 0 Å². The molecular weight excluding hydrogens is 360 g/mol. The molecule has 5 rings (SSSR count). The number of carbonyl (C=O) groups excluding carboxylic acids is 1. The lowest BCUT2D eigenvalue weighted by molar-refractivity contribution is -0.00931. The number of hydrogen-bond donors (Lipinski definition) is 0. The van der Waals surface area contributed by atoms with Crippen molar-refractivity contribution in [2.75, 3.05) is 13.1 Å². The number of fused-ring (bicyclic) bond motifs is 4. The fourth-order valence-electron chi connectivity index (χ4n) is 4.80. The molecule has 0 N–H and O–H groups in total. The van der Waals surface area contributed by atoms with Crippen LogP contribution < -0.4 is 4.74 Å². The third-order valence-electron chi connectivity index (χ3n) is 6.47. The Morgan fingerprint density at radius 1 is 1.07 bits per heavy atom. The summed E-state index contributed by atoms with van der Waals surface area (Å²) in [6, 6.07) is 18.5. The molecule has 0 atom stereocenters. The van der Waals surface area contributed by atoms with Gasteiger partial charge in [-0.2, -0.15) is 0 Å². The predicted molar refractivity (Wildman–Crippen MR) is 114 cm³/mol. The molecule has 0 bridgehead atoms. The quantitative estimate of drug-likeness (QED) is 0.630. The fourth-order valence-corrected chi connectivity index (χ4v) is 4.80. The van der Waals surface area contributed by atoms with Crippen LogP contribution in [0.2, 0.25) is 0 Å². The molecule has 0 radical (unpaired) electrons. The van der Waals surface area contributed by atoms with E-state index in [0.29, 0.717) is 13.1 Å². The first kappa shape index (κ1) is 18.0. The summed E-state index contributed by atoms with van der Waals surface area (Å²) in [7, 11) is 0. The van der Waals surface area contributed by atoms with Gasteiger partial charge in [-0.25, -0.2) is 0 Å². The van der Waals surface area contributed by atoms with E-state index >= 15 is 0 Å². The van der Waals surface area contributed by atoms with Crippen molar-refractivity contribution >= 4 is 5.91 Å². The van der Waals surface area contributed by atoms with Crippen molar-refractivity contribution in [1.82, 2.24) is 9.47 Å². The maximum atomic E-state index is 13.1. The van der Waals surface area contributed by atoms with Crippen molar-refractivity contribution in [2.24, 2.45) is 0 Å². The van der Waals surface area contributed by atoms with E-state index in [1.807, 2.05) is 35.2 Å². The molecule has 29 heavy (non-hydrogen) atoms. The van der Waals surface area contributed by atoms with Gasteiger partial charge in [-0.1, -0.05) is 25.1 Å². The highest BCUT2D eigenvalue weighted by atomic mass is 16.5. The highest BCUT2D eigenvalue weighted by Crippen LogP contribution is 2.45. The number of aromatic nitrogens is 1. The lowest BCUT2D eigenvalue weighted by Gasteiger charge is -2.45. The third-order valence-corrected chi connectivity index (χ3v) is 6.47. The summed E-state index contributed by atoms with van der Waals surface area (Å²) in [6.45, 7) is 5.62. The molecule has 1 fully saturated rings. The number of ether oxygens (including phenoxy) is 1. The van der Waals surface area contributed by atoms with E-state index in [0.717, 1.165) is 36.3 Å². The van der Waals surface area contributed by atoms with Gasteiger partial charge in [0.15, 0.2) is 5.60 Å². The molecule has 1 saturated heterocycles. The Morgan fingerprint density at radius 2 is 1.86 bits per heavy atom. The molecule has 148 valence electrons. The van der Waals surface area contributed by atoms with Crippen molar-refractivity contribution in [3.8, 4) is 11.4 Å². The number of rotatable bonds is 2. The summed E-state index contributed by atoms with van der Waals surface area (Å²) >= 11 is 0. The first-order chi connectivity index (χ1) is 14.1. The number of aryl methyl sites for hydroxylation is 2. The molecule has 0 saturated carbocycles. The highest BCUT2D eigenvalue weighted by molar-refractivity contribution is 5.94. The van der Waals surface area contributed by atoms with Crippen molar-refractivity contribution in [3.63, 3.8) is 0 Å². The van der Waals surface area contributed by atoms with E-state index in [1.165, 1.54) is 16.8 Å². The minimum Gasteiger partial charge on any atom is -0.479 e. The third kappa shape index (κ3) is 2.86. The first-order valence-corrected chi connectivity index (χ1v) is 10.5. The van der Waals surface area contributed by atoms with Crippen LogP contribution in [0.4, 0.5) is 0 Å². The first-order valence-electron chi connectivity index (χ1n) is 10.5. The van der Waals surface area contributed by atoms with Crippen LogP contribution in [0.25, 0.3) is 5.69 Å². The van der Waals surface area contributed by atoms with Crippen LogP contribution in [0, 0.1) is 6.92 Å². The minimum absolute atomic E-state index is 0.122. The second-order valence-electron chi connectivity index (χ2n) is 8.11. The summed E-state index contributed by atoms with van der Waals surface area (Å²) in [5.74, 6) is 1.04. The number of amides is 1. The maximum Gasteiger partial charge on any atom is 0.253 e. The monoisotopic (exact) mass is 386 g/mol. The number of benzene rings is 2. The molecule has 3 aromatic rings. The van der Waals surface area contributed by atoms with Gasteiger partial charge in [-0.05, 0) is 60.9 Å². The van der Waals surface area contributed by atoms with Gasteiger partial charge in [-0.15, -0.1) is 0 Å². The Hall–Kier alpha value is -3.01. The topological polar surface area (TPSA) is 34.5 Å². The minimum atomic E-state index is -0.364. The van der Waals surface area contributed by atoms with Gasteiger partial charge in [0, 0.05) is 37.7 Å². The lowest BCUT2D eigenvalue weighted by Crippen LogP contribution is -2.50. The number of likely N-dealkylation sites (tertiary alicyclic amines) is 1. The summed E-state index contributed by atoms with van der Waals surface area (Å²) in [6.07, 6.45) is 4.69. The van der Waals surface area contributed by atoms with Crippen molar-refractivity contribution < 1.29 is 9.53 Å². The zero-order chi connectivity index (χ0) is 20.0. The zero-order valence-electron chi connectivity index (χ0n) is 17.0. The Labute approximate surface area is 171 Å². The van der Waals surface area contributed by atoms with E-state index in [-0.39, 0.29) is 11.5 Å². The van der Waals surface area contributed by atoms with Gasteiger partial charge in [0.1, 0.15) is 5.75 Å². The average molecular weight is 386 g/mol. The second kappa shape index (κ2) is 6.80. The molecule has 0 unspecified atom stereocenters. The summed E-state index contributed by atoms with van der Waals surface area (Å²) in [5, 5.41) is 0. The summed E-state index contributed by atoms with van der Waals surface area (Å²) in [5.41, 5.74) is 5.19. The van der Waals surface area contributed by atoms with E-state index in [9.17, 15) is 4.79 Å². The lowest BCUT2D eigenvalue weighted by atomic mass is 9.86. The fraction of sp³-hybridized carbons (Fsp3) is 0.320. The molecule has 1 spiro atoms. The van der Waals surface area contributed by atoms with E-state index in [2.05, 4.69) is 48.9 Å². The van der Waals surface area contributed by atoms with Gasteiger partial charge in [0.05, 0.1) is 11.4 Å².